The lowest BCUT2D eigenvalue weighted by Gasteiger charge is -2.19. The predicted molar refractivity (Wildman–Crippen MR) is 87.4 cm³/mol. The molecule has 0 fully saturated rings. The Bertz CT molecular complexity index is 632. The van der Waals surface area contributed by atoms with Crippen molar-refractivity contribution in [1.29, 1.82) is 0 Å². The molecule has 0 saturated heterocycles. The van der Waals surface area contributed by atoms with Crippen molar-refractivity contribution in [2.24, 2.45) is 0 Å². The van der Waals surface area contributed by atoms with Crippen LogP contribution in [0.25, 0.3) is 6.08 Å². The average Bonchev–Trinajstić information content (AvgIpc) is 2.60. The van der Waals surface area contributed by atoms with Gasteiger partial charge in [0.25, 0.3) is 0 Å². The minimum atomic E-state index is -3.58. The molecule has 0 N–H and O–H groups in total. The van der Waals surface area contributed by atoms with E-state index in [-0.39, 0.29) is 0 Å². The van der Waals surface area contributed by atoms with E-state index in [0.717, 1.165) is 11.1 Å². The maximum absolute atomic E-state index is 12.2. The van der Waals surface area contributed by atoms with Crippen LogP contribution in [0, 0.1) is 0 Å². The van der Waals surface area contributed by atoms with Gasteiger partial charge in [-0.3, -0.25) is 13.6 Å². The van der Waals surface area contributed by atoms with E-state index in [1.54, 1.807) is 0 Å². The van der Waals surface area contributed by atoms with E-state index < -0.39 is 13.9 Å². The summed E-state index contributed by atoms with van der Waals surface area (Å²) < 4.78 is 27.6. The molecule has 4 nitrogen and oxygen atoms in total. The summed E-state index contributed by atoms with van der Waals surface area (Å²) in [6, 6.07) is 19.3. The second-order valence-electron chi connectivity index (χ2n) is 4.52. The lowest BCUT2D eigenvalue weighted by Crippen LogP contribution is -2.02. The van der Waals surface area contributed by atoms with Crippen LogP contribution in [0.2, 0.25) is 0 Å². The zero-order chi connectivity index (χ0) is 15.8. The van der Waals surface area contributed by atoms with Gasteiger partial charge in [-0.05, 0) is 11.1 Å². The van der Waals surface area contributed by atoms with E-state index in [9.17, 15) is 4.57 Å². The Morgan fingerprint density at radius 3 is 2.00 bits per heavy atom. The van der Waals surface area contributed by atoms with E-state index in [0.29, 0.717) is 0 Å². The first-order valence-corrected chi connectivity index (χ1v) is 8.31. The summed E-state index contributed by atoms with van der Waals surface area (Å²) >= 11 is 0. The van der Waals surface area contributed by atoms with Crippen LogP contribution in [-0.4, -0.2) is 14.2 Å². The quantitative estimate of drug-likeness (QED) is 0.684. The SMILES string of the molecule is COP(=O)(OC)OC(C=Cc1ccccc1)c1ccccc1. The highest BCUT2D eigenvalue weighted by Gasteiger charge is 2.27. The zero-order valence-electron chi connectivity index (χ0n) is 12.6. The number of benzene rings is 2. The van der Waals surface area contributed by atoms with Crippen molar-refractivity contribution in [3.05, 3.63) is 77.9 Å². The van der Waals surface area contributed by atoms with E-state index >= 15 is 0 Å². The van der Waals surface area contributed by atoms with Gasteiger partial charge in [0, 0.05) is 14.2 Å². The van der Waals surface area contributed by atoms with Gasteiger partial charge in [-0.2, -0.15) is 0 Å². The molecule has 0 aliphatic carbocycles. The molecule has 116 valence electrons. The third-order valence-corrected chi connectivity index (χ3v) is 4.46. The minimum Gasteiger partial charge on any atom is -0.290 e. The van der Waals surface area contributed by atoms with Gasteiger partial charge in [-0.15, -0.1) is 0 Å². The van der Waals surface area contributed by atoms with Crippen LogP contribution < -0.4 is 0 Å². The molecule has 2 aromatic rings. The first kappa shape index (κ1) is 16.7. The number of phosphoric acid groups is 1. The van der Waals surface area contributed by atoms with Gasteiger partial charge in [0.2, 0.25) is 0 Å². The summed E-state index contributed by atoms with van der Waals surface area (Å²) in [4.78, 5) is 0. The molecule has 0 aliphatic rings. The first-order chi connectivity index (χ1) is 10.7. The molecule has 5 heteroatoms. The van der Waals surface area contributed by atoms with Gasteiger partial charge >= 0.3 is 7.82 Å². The van der Waals surface area contributed by atoms with E-state index in [1.165, 1.54) is 14.2 Å². The molecule has 0 aromatic heterocycles. The fourth-order valence-corrected chi connectivity index (χ4v) is 2.70. The van der Waals surface area contributed by atoms with Gasteiger partial charge in [0.05, 0.1) is 0 Å². The minimum absolute atomic E-state index is 0.535. The highest BCUT2D eigenvalue weighted by Crippen LogP contribution is 2.51. The molecule has 0 bridgehead atoms. The van der Waals surface area contributed by atoms with Crippen molar-refractivity contribution in [2.75, 3.05) is 14.2 Å². The first-order valence-electron chi connectivity index (χ1n) is 6.85. The number of rotatable bonds is 7. The van der Waals surface area contributed by atoms with Crippen LogP contribution in [0.15, 0.2) is 66.7 Å². The summed E-state index contributed by atoms with van der Waals surface area (Å²) in [5.41, 5.74) is 1.89. The van der Waals surface area contributed by atoms with Gasteiger partial charge in [0.15, 0.2) is 0 Å². The van der Waals surface area contributed by atoms with Crippen LogP contribution in [0.1, 0.15) is 17.2 Å². The van der Waals surface area contributed by atoms with Crippen LogP contribution >= 0.6 is 7.82 Å². The Hall–Kier alpha value is -1.71. The topological polar surface area (TPSA) is 44.8 Å². The number of hydrogen-bond donors (Lipinski definition) is 0. The standard InChI is InChI=1S/C17H19O4P/c1-19-22(18,20-2)21-17(16-11-7-4-8-12-16)14-13-15-9-5-3-6-10-15/h3-14,17H,1-2H3. The smallest absolute Gasteiger partial charge is 0.290 e. The van der Waals surface area contributed by atoms with Crippen LogP contribution in [0.4, 0.5) is 0 Å². The number of hydrogen-bond acceptors (Lipinski definition) is 4. The molecule has 0 spiro atoms. The molecule has 22 heavy (non-hydrogen) atoms. The monoisotopic (exact) mass is 318 g/mol. The van der Waals surface area contributed by atoms with Crippen molar-refractivity contribution in [1.82, 2.24) is 0 Å². The predicted octanol–water partition coefficient (Wildman–Crippen LogP) is 4.86. The molecule has 0 aliphatic heterocycles. The highest BCUT2D eigenvalue weighted by atomic mass is 31.2. The molecule has 0 amide bonds. The third-order valence-electron chi connectivity index (χ3n) is 3.08. The molecule has 1 atom stereocenters. The molecular formula is C17H19O4P. The van der Waals surface area contributed by atoms with Gasteiger partial charge in [-0.1, -0.05) is 72.8 Å². The summed E-state index contributed by atoms with van der Waals surface area (Å²) in [6.45, 7) is 0. The Morgan fingerprint density at radius 2 is 1.45 bits per heavy atom. The second-order valence-corrected chi connectivity index (χ2v) is 6.35. The normalized spacial score (nSPS) is 13.4. The van der Waals surface area contributed by atoms with Crippen LogP contribution in [0.3, 0.4) is 0 Å². The summed E-state index contributed by atoms with van der Waals surface area (Å²) in [6.07, 6.45) is 3.20. The molecular weight excluding hydrogens is 299 g/mol. The van der Waals surface area contributed by atoms with Crippen molar-refractivity contribution in [3.63, 3.8) is 0 Å². The zero-order valence-corrected chi connectivity index (χ0v) is 13.5. The fourth-order valence-electron chi connectivity index (χ4n) is 1.91. The van der Waals surface area contributed by atoms with E-state index in [4.69, 9.17) is 13.6 Å². The molecule has 1 unspecified atom stereocenters. The van der Waals surface area contributed by atoms with E-state index in [1.807, 2.05) is 72.8 Å². The van der Waals surface area contributed by atoms with Gasteiger partial charge in [-0.25, -0.2) is 4.57 Å². The van der Waals surface area contributed by atoms with Gasteiger partial charge < -0.3 is 0 Å². The lowest BCUT2D eigenvalue weighted by atomic mass is 10.1. The van der Waals surface area contributed by atoms with Crippen molar-refractivity contribution >= 4 is 13.9 Å². The van der Waals surface area contributed by atoms with Crippen molar-refractivity contribution < 1.29 is 18.1 Å². The lowest BCUT2D eigenvalue weighted by molar-refractivity contribution is 0.126. The maximum Gasteiger partial charge on any atom is 0.475 e. The Morgan fingerprint density at radius 1 is 0.909 bits per heavy atom. The Labute approximate surface area is 131 Å². The summed E-state index contributed by atoms with van der Waals surface area (Å²) in [5, 5.41) is 0. The summed E-state index contributed by atoms with van der Waals surface area (Å²) in [7, 11) is -0.978. The molecule has 2 rings (SSSR count). The molecule has 0 heterocycles. The fraction of sp³-hybridized carbons (Fsp3) is 0.176. The van der Waals surface area contributed by atoms with Crippen molar-refractivity contribution in [3.8, 4) is 0 Å². The summed E-state index contributed by atoms with van der Waals surface area (Å²) in [5.74, 6) is 0. The molecule has 0 saturated carbocycles. The Balaban J connectivity index is 2.26. The van der Waals surface area contributed by atoms with Gasteiger partial charge in [0.1, 0.15) is 6.10 Å². The molecule has 0 radical (unpaired) electrons. The maximum atomic E-state index is 12.2. The van der Waals surface area contributed by atoms with Crippen LogP contribution in [0.5, 0.6) is 0 Å². The molecule has 2 aromatic carbocycles. The van der Waals surface area contributed by atoms with Crippen LogP contribution in [-0.2, 0) is 18.1 Å². The third kappa shape index (κ3) is 4.65. The Kier molecular flexibility index (Phi) is 6.10. The average molecular weight is 318 g/mol. The largest absolute Gasteiger partial charge is 0.475 e. The van der Waals surface area contributed by atoms with E-state index in [2.05, 4.69) is 0 Å². The second kappa shape index (κ2) is 8.06. The number of phosphoric ester groups is 1. The highest BCUT2D eigenvalue weighted by molar-refractivity contribution is 7.48. The van der Waals surface area contributed by atoms with Crippen molar-refractivity contribution in [2.45, 2.75) is 6.10 Å².